The van der Waals surface area contributed by atoms with Crippen molar-refractivity contribution in [1.29, 1.82) is 0 Å². The first-order valence-electron chi connectivity index (χ1n) is 8.32. The summed E-state index contributed by atoms with van der Waals surface area (Å²) in [5.74, 6) is -0.379. The van der Waals surface area contributed by atoms with Gasteiger partial charge in [0.15, 0.2) is 0 Å². The number of carbonyl (C=O) groups is 2. The monoisotopic (exact) mass is 356 g/mol. The van der Waals surface area contributed by atoms with Gasteiger partial charge in [-0.3, -0.25) is 0 Å². The molecule has 0 saturated carbocycles. The van der Waals surface area contributed by atoms with Gasteiger partial charge in [-0.15, -0.1) is 0 Å². The number of carboxylic acid groups (broad SMARTS) is 1. The molecule has 7 heteroatoms. The van der Waals surface area contributed by atoms with Gasteiger partial charge in [-0.25, -0.2) is 9.59 Å². The molecule has 0 aromatic heterocycles. The van der Waals surface area contributed by atoms with Gasteiger partial charge in [-0.1, -0.05) is 24.3 Å². The highest BCUT2D eigenvalue weighted by molar-refractivity contribution is 5.91. The maximum absolute atomic E-state index is 12.2. The number of aromatic carboxylic acids is 1. The summed E-state index contributed by atoms with van der Waals surface area (Å²) in [7, 11) is 0. The molecule has 7 nitrogen and oxygen atoms in total. The Balaban J connectivity index is 1.55. The third-order valence-corrected chi connectivity index (χ3v) is 3.97. The van der Waals surface area contributed by atoms with Crippen LogP contribution in [0.2, 0.25) is 0 Å². The Labute approximate surface area is 150 Å². The van der Waals surface area contributed by atoms with Crippen molar-refractivity contribution in [3.8, 4) is 5.75 Å². The number of carbonyl (C=O) groups excluding carboxylic acids is 1. The molecule has 0 bridgehead atoms. The molecule has 1 aliphatic heterocycles. The van der Waals surface area contributed by atoms with Crippen LogP contribution in [0.5, 0.6) is 5.75 Å². The largest absolute Gasteiger partial charge is 0.486 e. The molecule has 1 unspecified atom stereocenters. The summed E-state index contributed by atoms with van der Waals surface area (Å²) in [5.41, 5.74) is 1.59. The third kappa shape index (κ3) is 4.73. The summed E-state index contributed by atoms with van der Waals surface area (Å²) in [6.07, 6.45) is 0.820. The highest BCUT2D eigenvalue weighted by atomic mass is 16.5. The van der Waals surface area contributed by atoms with Crippen LogP contribution >= 0.6 is 0 Å². The Morgan fingerprint density at radius 2 is 1.92 bits per heavy atom. The van der Waals surface area contributed by atoms with Crippen molar-refractivity contribution < 1.29 is 24.2 Å². The molecule has 1 atom stereocenters. The number of benzene rings is 2. The van der Waals surface area contributed by atoms with Gasteiger partial charge in [0.25, 0.3) is 0 Å². The van der Waals surface area contributed by atoms with Crippen molar-refractivity contribution in [2.24, 2.45) is 0 Å². The highest BCUT2D eigenvalue weighted by Gasteiger charge is 2.19. The van der Waals surface area contributed by atoms with E-state index in [0.717, 1.165) is 12.0 Å². The molecule has 1 heterocycles. The van der Waals surface area contributed by atoms with Crippen molar-refractivity contribution in [2.75, 3.05) is 18.5 Å². The Hall–Kier alpha value is -3.06. The molecule has 0 aliphatic carbocycles. The minimum atomic E-state index is -0.980. The number of hydrogen-bond donors (Lipinski definition) is 3. The van der Waals surface area contributed by atoms with Crippen molar-refractivity contribution in [3.05, 3.63) is 59.7 Å². The first-order valence-corrected chi connectivity index (χ1v) is 8.32. The average molecular weight is 356 g/mol. The van der Waals surface area contributed by atoms with Crippen LogP contribution in [0.4, 0.5) is 10.5 Å². The Morgan fingerprint density at radius 1 is 1.15 bits per heavy atom. The van der Waals surface area contributed by atoms with Crippen LogP contribution in [0, 0.1) is 0 Å². The number of carboxylic acids is 1. The van der Waals surface area contributed by atoms with Gasteiger partial charge in [-0.05, 0) is 29.8 Å². The van der Waals surface area contributed by atoms with E-state index in [1.165, 1.54) is 12.1 Å². The number of urea groups is 1. The molecule has 136 valence electrons. The summed E-state index contributed by atoms with van der Waals surface area (Å²) >= 11 is 0. The van der Waals surface area contributed by atoms with Crippen LogP contribution in [0.25, 0.3) is 0 Å². The van der Waals surface area contributed by atoms with Crippen molar-refractivity contribution in [3.63, 3.8) is 0 Å². The topological polar surface area (TPSA) is 96.9 Å². The second-order valence-electron chi connectivity index (χ2n) is 5.91. The molecule has 1 aliphatic rings. The standard InChI is InChI=1S/C19H20N2O5/c22-18(23)14-7-5-13(6-8-14)11-20-19(24)21-16-3-1-2-4-17(16)26-15-9-10-25-12-15/h1-8,15H,9-12H2,(H,22,23)(H2,20,21,24). The fourth-order valence-corrected chi connectivity index (χ4v) is 2.57. The number of anilines is 1. The van der Waals surface area contributed by atoms with Crippen molar-refractivity contribution >= 4 is 17.7 Å². The van der Waals surface area contributed by atoms with E-state index in [2.05, 4.69) is 10.6 Å². The first kappa shape index (κ1) is 17.8. The van der Waals surface area contributed by atoms with E-state index in [9.17, 15) is 9.59 Å². The molecule has 2 aromatic rings. The molecule has 0 radical (unpaired) electrons. The summed E-state index contributed by atoms with van der Waals surface area (Å²) in [6, 6.07) is 13.2. The van der Waals surface area contributed by atoms with E-state index in [1.807, 2.05) is 12.1 Å². The minimum Gasteiger partial charge on any atom is -0.486 e. The molecule has 26 heavy (non-hydrogen) atoms. The maximum atomic E-state index is 12.2. The number of ether oxygens (including phenoxy) is 2. The number of hydrogen-bond acceptors (Lipinski definition) is 4. The van der Waals surface area contributed by atoms with Crippen LogP contribution < -0.4 is 15.4 Å². The zero-order chi connectivity index (χ0) is 18.4. The number of rotatable bonds is 6. The molecule has 3 N–H and O–H groups in total. The predicted octanol–water partition coefficient (Wildman–Crippen LogP) is 2.87. The van der Waals surface area contributed by atoms with E-state index in [0.29, 0.717) is 24.7 Å². The van der Waals surface area contributed by atoms with Crippen molar-refractivity contribution in [2.45, 2.75) is 19.1 Å². The lowest BCUT2D eigenvalue weighted by molar-refractivity contribution is 0.0697. The molecule has 1 saturated heterocycles. The van der Waals surface area contributed by atoms with Gasteiger partial charge in [0.1, 0.15) is 11.9 Å². The van der Waals surface area contributed by atoms with Gasteiger partial charge < -0.3 is 25.2 Å². The molecular weight excluding hydrogens is 336 g/mol. The normalized spacial score (nSPS) is 16.1. The van der Waals surface area contributed by atoms with Crippen LogP contribution in [-0.4, -0.2) is 36.4 Å². The summed E-state index contributed by atoms with van der Waals surface area (Å²) in [5, 5.41) is 14.4. The fourth-order valence-electron chi connectivity index (χ4n) is 2.57. The van der Waals surface area contributed by atoms with E-state index in [1.54, 1.807) is 24.3 Å². The molecule has 2 aromatic carbocycles. The number of nitrogens with one attached hydrogen (secondary N) is 2. The van der Waals surface area contributed by atoms with Crippen LogP contribution in [-0.2, 0) is 11.3 Å². The molecule has 3 rings (SSSR count). The van der Waals surface area contributed by atoms with Gasteiger partial charge in [0.2, 0.25) is 0 Å². The zero-order valence-electron chi connectivity index (χ0n) is 14.1. The van der Waals surface area contributed by atoms with E-state index >= 15 is 0 Å². The van der Waals surface area contributed by atoms with E-state index < -0.39 is 5.97 Å². The summed E-state index contributed by atoms with van der Waals surface area (Å²) in [4.78, 5) is 23.0. The van der Waals surface area contributed by atoms with Gasteiger partial charge >= 0.3 is 12.0 Å². The minimum absolute atomic E-state index is 0.00578. The second-order valence-corrected chi connectivity index (χ2v) is 5.91. The summed E-state index contributed by atoms with van der Waals surface area (Å²) in [6.45, 7) is 1.51. The van der Waals surface area contributed by atoms with Crippen LogP contribution in [0.1, 0.15) is 22.3 Å². The van der Waals surface area contributed by atoms with Crippen LogP contribution in [0.15, 0.2) is 48.5 Å². The van der Waals surface area contributed by atoms with E-state index in [4.69, 9.17) is 14.6 Å². The fraction of sp³-hybridized carbons (Fsp3) is 0.263. The maximum Gasteiger partial charge on any atom is 0.335 e. The lowest BCUT2D eigenvalue weighted by Gasteiger charge is -2.16. The first-order chi connectivity index (χ1) is 12.6. The Bertz CT molecular complexity index is 770. The quantitative estimate of drug-likeness (QED) is 0.739. The number of amides is 2. The lowest BCUT2D eigenvalue weighted by atomic mass is 10.1. The SMILES string of the molecule is O=C(NCc1ccc(C(=O)O)cc1)Nc1ccccc1OC1CCOC1. The van der Waals surface area contributed by atoms with Gasteiger partial charge in [0.05, 0.1) is 24.5 Å². The smallest absolute Gasteiger partial charge is 0.335 e. The Morgan fingerprint density at radius 3 is 2.62 bits per heavy atom. The molecule has 2 amide bonds. The molecular formula is C19H20N2O5. The second kappa shape index (κ2) is 8.35. The van der Waals surface area contributed by atoms with Gasteiger partial charge in [0, 0.05) is 13.0 Å². The van der Waals surface area contributed by atoms with E-state index in [-0.39, 0.29) is 24.2 Å². The molecule has 1 fully saturated rings. The van der Waals surface area contributed by atoms with Gasteiger partial charge in [-0.2, -0.15) is 0 Å². The average Bonchev–Trinajstić information content (AvgIpc) is 3.15. The van der Waals surface area contributed by atoms with Crippen molar-refractivity contribution in [1.82, 2.24) is 5.32 Å². The number of para-hydroxylation sites is 2. The van der Waals surface area contributed by atoms with Crippen LogP contribution in [0.3, 0.4) is 0 Å². The predicted molar refractivity (Wildman–Crippen MR) is 95.6 cm³/mol. The zero-order valence-corrected chi connectivity index (χ0v) is 14.1. The molecule has 0 spiro atoms. The highest BCUT2D eigenvalue weighted by Crippen LogP contribution is 2.26. The lowest BCUT2D eigenvalue weighted by Crippen LogP contribution is -2.28. The Kier molecular flexibility index (Phi) is 5.70. The third-order valence-electron chi connectivity index (χ3n) is 3.97. The summed E-state index contributed by atoms with van der Waals surface area (Å²) < 4.78 is 11.2.